The number of halogens is 3. The molecule has 0 aliphatic carbocycles. The summed E-state index contributed by atoms with van der Waals surface area (Å²) < 4.78 is 53.0. The summed E-state index contributed by atoms with van der Waals surface area (Å²) in [6, 6.07) is 6.87. The van der Waals surface area contributed by atoms with Gasteiger partial charge < -0.3 is 0 Å². The maximum atomic E-state index is 14.2. The summed E-state index contributed by atoms with van der Waals surface area (Å²) in [5.41, 5.74) is 1.70. The van der Waals surface area contributed by atoms with Crippen LogP contribution in [0.3, 0.4) is 0 Å². The second-order valence-electron chi connectivity index (χ2n) is 5.47. The van der Waals surface area contributed by atoms with E-state index < -0.39 is 26.6 Å². The van der Waals surface area contributed by atoms with Gasteiger partial charge in [-0.2, -0.15) is 0 Å². The van der Waals surface area contributed by atoms with E-state index in [0.29, 0.717) is 5.69 Å². The highest BCUT2D eigenvalue weighted by Gasteiger charge is 2.23. The molecule has 0 unspecified atom stereocenters. The SMILES string of the molecule is Cc1ccc(-n2c(-c3cc(F)c(S(N)(=O)=O)c(F)c3)csc2=O)cc1Br. The van der Waals surface area contributed by atoms with Gasteiger partial charge in [-0.3, -0.25) is 9.36 Å². The Morgan fingerprint density at radius 2 is 1.77 bits per heavy atom. The molecule has 10 heteroatoms. The zero-order chi connectivity index (χ0) is 19.2. The van der Waals surface area contributed by atoms with Crippen LogP contribution >= 0.6 is 27.3 Å². The van der Waals surface area contributed by atoms with Gasteiger partial charge in [0, 0.05) is 15.4 Å². The molecule has 0 saturated carbocycles. The molecule has 2 aromatic carbocycles. The van der Waals surface area contributed by atoms with Crippen LogP contribution in [0.25, 0.3) is 16.9 Å². The Morgan fingerprint density at radius 3 is 2.31 bits per heavy atom. The van der Waals surface area contributed by atoms with Gasteiger partial charge in [-0.15, -0.1) is 0 Å². The number of primary sulfonamides is 1. The molecule has 3 aromatic rings. The minimum atomic E-state index is -4.55. The summed E-state index contributed by atoms with van der Waals surface area (Å²) in [6.45, 7) is 1.88. The molecule has 0 radical (unpaired) electrons. The molecule has 26 heavy (non-hydrogen) atoms. The van der Waals surface area contributed by atoms with Gasteiger partial charge in [0.2, 0.25) is 10.0 Å². The Labute approximate surface area is 159 Å². The van der Waals surface area contributed by atoms with Crippen LogP contribution in [0.4, 0.5) is 8.78 Å². The van der Waals surface area contributed by atoms with Crippen LogP contribution in [0.1, 0.15) is 5.56 Å². The fraction of sp³-hybridized carbons (Fsp3) is 0.0625. The standard InChI is InChI=1S/C16H11BrF2N2O3S2/c1-8-2-3-10(6-11(8)17)21-14(7-25-16(21)22)9-4-12(18)15(13(19)5-9)26(20,23)24/h2-7H,1H3,(H2,20,23,24). The Bertz CT molecular complexity index is 1160. The molecule has 1 aromatic heterocycles. The summed E-state index contributed by atoms with van der Waals surface area (Å²) in [5, 5.41) is 6.28. The van der Waals surface area contributed by atoms with Crippen molar-refractivity contribution in [2.75, 3.05) is 0 Å². The molecule has 0 aliphatic heterocycles. The number of aromatic nitrogens is 1. The molecule has 0 amide bonds. The third-order valence-corrected chi connectivity index (χ3v) is 6.23. The number of nitrogens with two attached hydrogens (primary N) is 1. The lowest BCUT2D eigenvalue weighted by Gasteiger charge is -2.11. The summed E-state index contributed by atoms with van der Waals surface area (Å²) in [4.78, 5) is 10.7. The smallest absolute Gasteiger partial charge is 0.267 e. The molecule has 0 saturated heterocycles. The molecule has 3 rings (SSSR count). The third kappa shape index (κ3) is 3.37. The van der Waals surface area contributed by atoms with Crippen LogP contribution in [0.15, 0.2) is 49.9 Å². The summed E-state index contributed by atoms with van der Waals surface area (Å²) >= 11 is 4.24. The van der Waals surface area contributed by atoms with Gasteiger partial charge in [-0.1, -0.05) is 33.3 Å². The van der Waals surface area contributed by atoms with Crippen molar-refractivity contribution in [1.82, 2.24) is 4.57 Å². The molecule has 0 atom stereocenters. The number of nitrogens with zero attached hydrogens (tertiary/aromatic N) is 1. The van der Waals surface area contributed by atoms with Crippen molar-refractivity contribution >= 4 is 37.3 Å². The van der Waals surface area contributed by atoms with Crippen molar-refractivity contribution in [3.63, 3.8) is 0 Å². The normalized spacial score (nSPS) is 11.7. The minimum Gasteiger partial charge on any atom is -0.267 e. The van der Waals surface area contributed by atoms with Crippen LogP contribution in [-0.2, 0) is 10.0 Å². The fourth-order valence-corrected chi connectivity index (χ4v) is 4.24. The number of benzene rings is 2. The highest BCUT2D eigenvalue weighted by molar-refractivity contribution is 9.10. The average Bonchev–Trinajstić information content (AvgIpc) is 2.89. The number of rotatable bonds is 3. The first-order chi connectivity index (χ1) is 12.1. The highest BCUT2D eigenvalue weighted by atomic mass is 79.9. The summed E-state index contributed by atoms with van der Waals surface area (Å²) in [6.07, 6.45) is 0. The molecular weight excluding hydrogens is 450 g/mol. The maximum Gasteiger partial charge on any atom is 0.312 e. The topological polar surface area (TPSA) is 82.2 Å². The van der Waals surface area contributed by atoms with E-state index >= 15 is 0 Å². The Kier molecular flexibility index (Phi) is 4.86. The first-order valence-electron chi connectivity index (χ1n) is 7.09. The molecule has 0 spiro atoms. The number of aryl methyl sites for hydroxylation is 1. The van der Waals surface area contributed by atoms with Crippen LogP contribution in [0.2, 0.25) is 0 Å². The van der Waals surface area contributed by atoms with Crippen LogP contribution in [-0.4, -0.2) is 13.0 Å². The van der Waals surface area contributed by atoms with E-state index in [2.05, 4.69) is 15.9 Å². The number of hydrogen-bond acceptors (Lipinski definition) is 4. The molecule has 0 aliphatic rings. The van der Waals surface area contributed by atoms with Gasteiger partial charge in [-0.25, -0.2) is 22.3 Å². The Balaban J connectivity index is 2.24. The zero-order valence-electron chi connectivity index (χ0n) is 13.2. The van der Waals surface area contributed by atoms with Crippen molar-refractivity contribution in [3.8, 4) is 16.9 Å². The largest absolute Gasteiger partial charge is 0.312 e. The van der Waals surface area contributed by atoms with E-state index in [9.17, 15) is 22.0 Å². The van der Waals surface area contributed by atoms with Crippen molar-refractivity contribution in [3.05, 3.63) is 67.1 Å². The van der Waals surface area contributed by atoms with E-state index in [4.69, 9.17) is 5.14 Å². The first kappa shape index (κ1) is 18.9. The molecule has 5 nitrogen and oxygen atoms in total. The lowest BCUT2D eigenvalue weighted by molar-refractivity contribution is 0.520. The molecule has 136 valence electrons. The molecule has 0 fully saturated rings. The van der Waals surface area contributed by atoms with E-state index in [1.54, 1.807) is 18.2 Å². The first-order valence-corrected chi connectivity index (χ1v) is 10.3. The van der Waals surface area contributed by atoms with Crippen molar-refractivity contribution < 1.29 is 17.2 Å². The lowest BCUT2D eigenvalue weighted by atomic mass is 10.1. The number of hydrogen-bond donors (Lipinski definition) is 1. The number of thiazole rings is 1. The Hall–Kier alpha value is -1.88. The average molecular weight is 461 g/mol. The molecule has 1 heterocycles. The van der Waals surface area contributed by atoms with Gasteiger partial charge in [0.1, 0.15) is 11.6 Å². The van der Waals surface area contributed by atoms with E-state index in [0.717, 1.165) is 33.5 Å². The van der Waals surface area contributed by atoms with Crippen molar-refractivity contribution in [1.29, 1.82) is 0 Å². The highest BCUT2D eigenvalue weighted by Crippen LogP contribution is 2.29. The molecule has 0 bridgehead atoms. The number of sulfonamides is 1. The summed E-state index contributed by atoms with van der Waals surface area (Å²) in [7, 11) is -4.55. The van der Waals surface area contributed by atoms with Crippen LogP contribution < -0.4 is 10.0 Å². The van der Waals surface area contributed by atoms with E-state index in [1.807, 2.05) is 6.92 Å². The van der Waals surface area contributed by atoms with Gasteiger partial charge in [-0.05, 0) is 36.8 Å². The Morgan fingerprint density at radius 1 is 1.15 bits per heavy atom. The van der Waals surface area contributed by atoms with Crippen molar-refractivity contribution in [2.45, 2.75) is 11.8 Å². The quantitative estimate of drug-likeness (QED) is 0.648. The van der Waals surface area contributed by atoms with Crippen LogP contribution in [0, 0.1) is 18.6 Å². The fourth-order valence-electron chi connectivity index (χ4n) is 2.45. The maximum absolute atomic E-state index is 14.2. The van der Waals surface area contributed by atoms with E-state index in [-0.39, 0.29) is 16.1 Å². The third-order valence-electron chi connectivity index (χ3n) is 3.69. The second-order valence-corrected chi connectivity index (χ2v) is 8.64. The predicted octanol–water partition coefficient (Wildman–Crippen LogP) is 3.56. The summed E-state index contributed by atoms with van der Waals surface area (Å²) in [5.74, 6) is -2.64. The minimum absolute atomic E-state index is 0.0162. The van der Waals surface area contributed by atoms with Gasteiger partial charge in [0.05, 0.1) is 11.4 Å². The monoisotopic (exact) mass is 460 g/mol. The predicted molar refractivity (Wildman–Crippen MR) is 99.1 cm³/mol. The van der Waals surface area contributed by atoms with Gasteiger partial charge in [0.25, 0.3) is 0 Å². The van der Waals surface area contributed by atoms with Crippen molar-refractivity contribution in [2.24, 2.45) is 5.14 Å². The molecule has 2 N–H and O–H groups in total. The van der Waals surface area contributed by atoms with Gasteiger partial charge in [0.15, 0.2) is 4.90 Å². The molecular formula is C16H11BrF2N2O3S2. The van der Waals surface area contributed by atoms with E-state index in [1.165, 1.54) is 9.95 Å². The van der Waals surface area contributed by atoms with Gasteiger partial charge >= 0.3 is 4.87 Å². The van der Waals surface area contributed by atoms with Crippen LogP contribution in [0.5, 0.6) is 0 Å². The second kappa shape index (κ2) is 6.69. The lowest BCUT2D eigenvalue weighted by Crippen LogP contribution is -2.17. The zero-order valence-corrected chi connectivity index (χ0v) is 16.4.